The van der Waals surface area contributed by atoms with Gasteiger partial charge in [-0.15, -0.1) is 0 Å². The van der Waals surface area contributed by atoms with Gasteiger partial charge >= 0.3 is 79.3 Å². The van der Waals surface area contributed by atoms with Crippen molar-refractivity contribution >= 4 is 79.3 Å². The van der Waals surface area contributed by atoms with Crippen molar-refractivity contribution in [1.29, 1.82) is 0 Å². The first kappa shape index (κ1) is 25.5. The first-order chi connectivity index (χ1) is 0. The Morgan fingerprint density at radius 2 is 1.00 bits per heavy atom. The van der Waals surface area contributed by atoms with Gasteiger partial charge in [-0.25, -0.2) is 0 Å². The Labute approximate surface area is 104 Å². The van der Waals surface area contributed by atoms with E-state index in [0.29, 0.717) is 0 Å². The van der Waals surface area contributed by atoms with Crippen LogP contribution in [0, 0.1) is 0 Å². The van der Waals surface area contributed by atoms with Gasteiger partial charge in [0.2, 0.25) is 0 Å². The first-order valence-electron chi connectivity index (χ1n) is 0. The molecule has 4 heavy (non-hydrogen) atoms. The summed E-state index contributed by atoms with van der Waals surface area (Å²) in [5, 5.41) is 0. The molecule has 0 bridgehead atoms. The maximum atomic E-state index is 0. The third kappa shape index (κ3) is 9.15. The zero-order valence-electron chi connectivity index (χ0n) is 2.12. The van der Waals surface area contributed by atoms with Crippen molar-refractivity contribution < 1.29 is 27.7 Å². The van der Waals surface area contributed by atoms with Gasteiger partial charge in [-0.2, -0.15) is 0 Å². The van der Waals surface area contributed by atoms with Crippen molar-refractivity contribution in [2.24, 2.45) is 0 Å². The Morgan fingerprint density at radius 1 is 1.00 bits per heavy atom. The van der Waals surface area contributed by atoms with E-state index < -0.39 is 0 Å². The molecule has 0 unspecified atom stereocenters. The molecule has 0 aromatic rings. The third-order valence-corrected chi connectivity index (χ3v) is 0. The van der Waals surface area contributed by atoms with Gasteiger partial charge < -0.3 is 0 Å². The quantitative estimate of drug-likeness (QED) is 0.229. The molecule has 0 rings (SSSR count). The Hall–Kier alpha value is 3.61. The molecule has 0 nitrogen and oxygen atoms in total. The summed E-state index contributed by atoms with van der Waals surface area (Å²) in [6.07, 6.45) is 0. The fourth-order valence-corrected chi connectivity index (χ4v) is 0. The zero-order valence-corrected chi connectivity index (χ0v) is 18.6. The van der Waals surface area contributed by atoms with Crippen LogP contribution in [0.2, 0.25) is 0 Å². The summed E-state index contributed by atoms with van der Waals surface area (Å²) in [6.45, 7) is 0. The summed E-state index contributed by atoms with van der Waals surface area (Å²) < 4.78 is 0. The Morgan fingerprint density at radius 3 is 1.00 bits per heavy atom. The molecule has 22 valence electrons. The molecule has 0 atom stereocenters. The summed E-state index contributed by atoms with van der Waals surface area (Å²) >= 11 is 0. The van der Waals surface area contributed by atoms with Crippen LogP contribution in [0.1, 0.15) is 0 Å². The van der Waals surface area contributed by atoms with Gasteiger partial charge in [-0.3, -0.25) is 0 Å². The molecule has 0 aliphatic carbocycles. The van der Waals surface area contributed by atoms with E-state index in [0.717, 1.165) is 0 Å². The van der Waals surface area contributed by atoms with Crippen LogP contribution < -0.4 is 0 Å². The van der Waals surface area contributed by atoms with E-state index in [2.05, 4.69) is 0 Å². The van der Waals surface area contributed by atoms with E-state index in [1.807, 2.05) is 0 Å². The van der Waals surface area contributed by atoms with Crippen LogP contribution in [0.3, 0.4) is 0 Å². The minimum absolute atomic E-state index is 0. The van der Waals surface area contributed by atoms with Gasteiger partial charge in [0.1, 0.15) is 0 Å². The summed E-state index contributed by atoms with van der Waals surface area (Å²) in [6, 6.07) is 0. The molecule has 0 aliphatic rings. The second-order valence-corrected chi connectivity index (χ2v) is 0. The predicted molar refractivity (Wildman–Crippen MR) is 28.4 cm³/mol. The summed E-state index contributed by atoms with van der Waals surface area (Å²) in [4.78, 5) is 0. The molecular weight excluding hydrogens is 732 g/mol. The molecule has 0 aliphatic heterocycles. The van der Waals surface area contributed by atoms with Crippen molar-refractivity contribution in [2.45, 2.75) is 0 Å². The van der Waals surface area contributed by atoms with Crippen LogP contribution in [-0.4, -0.2) is 79.3 Å². The van der Waals surface area contributed by atoms with Crippen LogP contribution in [0.15, 0.2) is 0 Å². The molecule has 0 N–H and O–H groups in total. The Balaban J connectivity index is 0. The number of hydrogen-bond acceptors (Lipinski definition) is 0. The first-order valence-corrected chi connectivity index (χ1v) is 0. The minimum atomic E-state index is 0. The average molecular weight is 740 g/mol. The van der Waals surface area contributed by atoms with Gasteiger partial charge in [-0.1, -0.05) is 0 Å². The normalized spacial score (nSPS) is 0. The molecule has 0 amide bonds. The zero-order chi connectivity index (χ0) is 0. The SMILES string of the molecule is [BiH3].[Hg].[InH3].[PbH2]. The van der Waals surface area contributed by atoms with Gasteiger partial charge in [0, 0.05) is 27.7 Å². The molecule has 0 spiro atoms. The van der Waals surface area contributed by atoms with Crippen molar-refractivity contribution in [3.63, 3.8) is 0 Å². The van der Waals surface area contributed by atoms with Crippen LogP contribution in [0.5, 0.6) is 0 Å². The standard InChI is InChI=1S/Bi.Hg.In.Pb.8H. The molecular formula is H8BiHgInPb. The fraction of sp³-hybridized carbons (Fsp3) is 0. The second-order valence-electron chi connectivity index (χ2n) is 0. The molecule has 4 heteroatoms. The van der Waals surface area contributed by atoms with Crippen molar-refractivity contribution in [3.05, 3.63) is 0 Å². The second kappa shape index (κ2) is 16.0. The number of rotatable bonds is 0. The van der Waals surface area contributed by atoms with Crippen molar-refractivity contribution in [2.75, 3.05) is 0 Å². The molecule has 0 aromatic carbocycles. The summed E-state index contributed by atoms with van der Waals surface area (Å²) in [7, 11) is 0. The third-order valence-electron chi connectivity index (χ3n) is 0. The van der Waals surface area contributed by atoms with E-state index in [1.54, 1.807) is 0 Å². The predicted octanol–water partition coefficient (Wildman–Crippen LogP) is -3.29. The molecule has 0 saturated heterocycles. The fourth-order valence-electron chi connectivity index (χ4n) is 0. The molecule has 0 heterocycles. The van der Waals surface area contributed by atoms with Crippen molar-refractivity contribution in [1.82, 2.24) is 0 Å². The van der Waals surface area contributed by atoms with Crippen molar-refractivity contribution in [3.8, 4) is 0 Å². The van der Waals surface area contributed by atoms with Gasteiger partial charge in [0.25, 0.3) is 0 Å². The van der Waals surface area contributed by atoms with Crippen LogP contribution in [-0.2, 0) is 27.7 Å². The monoisotopic (exact) mass is 742 g/mol. The van der Waals surface area contributed by atoms with Crippen LogP contribution >= 0.6 is 0 Å². The van der Waals surface area contributed by atoms with Gasteiger partial charge in [-0.05, 0) is 0 Å². The molecule has 0 saturated carbocycles. The maximum absolute atomic E-state index is 0. The van der Waals surface area contributed by atoms with E-state index in [-0.39, 0.29) is 107 Å². The summed E-state index contributed by atoms with van der Waals surface area (Å²) in [5.41, 5.74) is 0. The van der Waals surface area contributed by atoms with E-state index >= 15 is 0 Å². The Bertz CT molecular complexity index is 8.00. The molecule has 0 fully saturated rings. The van der Waals surface area contributed by atoms with E-state index in [4.69, 9.17) is 0 Å². The van der Waals surface area contributed by atoms with E-state index in [1.165, 1.54) is 0 Å². The Kier molecular flexibility index (Phi) is 102. The number of hydrogen-bond donors (Lipinski definition) is 0. The van der Waals surface area contributed by atoms with E-state index in [9.17, 15) is 0 Å². The summed E-state index contributed by atoms with van der Waals surface area (Å²) in [5.74, 6) is 0. The average Bonchev–Trinajstić information content (AvgIpc) is 0. The van der Waals surface area contributed by atoms with Crippen LogP contribution in [0.25, 0.3) is 0 Å². The molecule has 2 radical (unpaired) electrons. The van der Waals surface area contributed by atoms with Gasteiger partial charge in [0.05, 0.1) is 0 Å². The van der Waals surface area contributed by atoms with Crippen LogP contribution in [0.4, 0.5) is 0 Å². The molecule has 0 aromatic heterocycles. The van der Waals surface area contributed by atoms with Gasteiger partial charge in [0.15, 0.2) is 0 Å². The topological polar surface area (TPSA) is 0 Å².